The number of amides is 2. The van der Waals surface area contributed by atoms with Gasteiger partial charge in [0, 0.05) is 5.69 Å². The molecule has 1 fully saturated rings. The number of ether oxygens (including phenoxy) is 1. The van der Waals surface area contributed by atoms with Gasteiger partial charge < -0.3 is 20.3 Å². The van der Waals surface area contributed by atoms with E-state index in [2.05, 4.69) is 10.6 Å². The number of carbonyl (C=O) groups excluding carboxylic acids is 2. The summed E-state index contributed by atoms with van der Waals surface area (Å²) in [5.41, 5.74) is 2.95. The summed E-state index contributed by atoms with van der Waals surface area (Å²) >= 11 is 0. The fourth-order valence-electron chi connectivity index (χ4n) is 2.39. The summed E-state index contributed by atoms with van der Waals surface area (Å²) in [6, 6.07) is 5.76. The number of rotatable bonds is 5. The highest BCUT2D eigenvalue weighted by Gasteiger charge is 2.18. The van der Waals surface area contributed by atoms with E-state index in [1.54, 1.807) is 0 Å². The largest absolute Gasteiger partial charge is 0.370 e. The van der Waals surface area contributed by atoms with E-state index in [1.165, 1.54) is 4.90 Å². The van der Waals surface area contributed by atoms with E-state index in [-0.39, 0.29) is 18.4 Å². The van der Waals surface area contributed by atoms with Crippen molar-refractivity contribution >= 4 is 17.5 Å². The topological polar surface area (TPSA) is 71.9 Å². The molecule has 1 aromatic carbocycles. The second-order valence-corrected chi connectivity index (χ2v) is 5.61. The van der Waals surface area contributed by atoms with Crippen LogP contribution < -0.4 is 15.5 Å². The Labute approximate surface area is 130 Å². The van der Waals surface area contributed by atoms with Crippen LogP contribution in [0.5, 0.6) is 0 Å². The molecule has 1 aliphatic heterocycles. The number of anilines is 1. The molecule has 1 heterocycles. The molecule has 1 aromatic rings. The van der Waals surface area contributed by atoms with Crippen molar-refractivity contribution in [2.45, 2.75) is 13.8 Å². The molecule has 22 heavy (non-hydrogen) atoms. The normalized spacial score (nSPS) is 15.4. The van der Waals surface area contributed by atoms with Gasteiger partial charge >= 0.3 is 0 Å². The van der Waals surface area contributed by atoms with Crippen LogP contribution in [0.15, 0.2) is 18.2 Å². The van der Waals surface area contributed by atoms with Gasteiger partial charge in [0.05, 0.1) is 19.8 Å². The maximum atomic E-state index is 11.9. The predicted molar refractivity (Wildman–Crippen MR) is 83.9 cm³/mol. The van der Waals surface area contributed by atoms with Gasteiger partial charge in [0.2, 0.25) is 5.91 Å². The number of quaternary nitrogens is 1. The van der Waals surface area contributed by atoms with Gasteiger partial charge in [-0.05, 0) is 31.0 Å². The molecule has 120 valence electrons. The SMILES string of the molecule is Cc1cccc(NC(=O)CNC(=O)C[NH+]2CCOCC2)c1C. The molecular weight excluding hydrogens is 282 g/mol. The highest BCUT2D eigenvalue weighted by atomic mass is 16.5. The molecule has 0 bridgehead atoms. The second kappa shape index (κ2) is 7.91. The predicted octanol–water partition coefficient (Wildman–Crippen LogP) is -0.727. The van der Waals surface area contributed by atoms with Crippen LogP contribution in [0, 0.1) is 13.8 Å². The van der Waals surface area contributed by atoms with E-state index in [0.717, 1.165) is 29.9 Å². The first kappa shape index (κ1) is 16.5. The van der Waals surface area contributed by atoms with Crippen LogP contribution in [0.4, 0.5) is 5.69 Å². The van der Waals surface area contributed by atoms with Gasteiger partial charge in [0.25, 0.3) is 5.91 Å². The van der Waals surface area contributed by atoms with Crippen molar-refractivity contribution in [2.75, 3.05) is 44.7 Å². The smallest absolute Gasteiger partial charge is 0.275 e. The summed E-state index contributed by atoms with van der Waals surface area (Å²) in [4.78, 5) is 24.9. The molecule has 6 heteroatoms. The highest BCUT2D eigenvalue weighted by molar-refractivity contribution is 5.95. The standard InChI is InChI=1S/C16H23N3O3/c1-12-4-3-5-14(13(12)2)18-15(20)10-17-16(21)11-19-6-8-22-9-7-19/h3-5H,6-11H2,1-2H3,(H,17,21)(H,18,20)/p+1. The van der Waals surface area contributed by atoms with E-state index in [4.69, 9.17) is 4.74 Å². The molecule has 0 aromatic heterocycles. The summed E-state index contributed by atoms with van der Waals surface area (Å²) in [6.07, 6.45) is 0. The number of aryl methyl sites for hydroxylation is 1. The second-order valence-electron chi connectivity index (χ2n) is 5.61. The first-order chi connectivity index (χ1) is 10.6. The van der Waals surface area contributed by atoms with Crippen LogP contribution in [0.1, 0.15) is 11.1 Å². The minimum absolute atomic E-state index is 0.00397. The average Bonchev–Trinajstić information content (AvgIpc) is 2.51. The molecule has 1 saturated heterocycles. The van der Waals surface area contributed by atoms with Crippen LogP contribution in [0.3, 0.4) is 0 Å². The van der Waals surface area contributed by atoms with Crippen molar-refractivity contribution < 1.29 is 19.2 Å². The Hall–Kier alpha value is -1.92. The molecule has 3 N–H and O–H groups in total. The first-order valence-corrected chi connectivity index (χ1v) is 7.60. The summed E-state index contributed by atoms with van der Waals surface area (Å²) in [6.45, 7) is 7.40. The van der Waals surface area contributed by atoms with Crippen LogP contribution in [0.25, 0.3) is 0 Å². The van der Waals surface area contributed by atoms with Gasteiger partial charge in [-0.3, -0.25) is 9.59 Å². The Morgan fingerprint density at radius 2 is 1.91 bits per heavy atom. The van der Waals surface area contributed by atoms with Gasteiger partial charge in [0.15, 0.2) is 6.54 Å². The van der Waals surface area contributed by atoms with Gasteiger partial charge in [-0.2, -0.15) is 0 Å². The third-order valence-electron chi connectivity index (χ3n) is 3.94. The first-order valence-electron chi connectivity index (χ1n) is 7.60. The molecule has 1 aliphatic rings. The Balaban J connectivity index is 1.75. The van der Waals surface area contributed by atoms with Crippen LogP contribution >= 0.6 is 0 Å². The van der Waals surface area contributed by atoms with E-state index in [9.17, 15) is 9.59 Å². The molecule has 6 nitrogen and oxygen atoms in total. The van der Waals surface area contributed by atoms with Gasteiger partial charge in [-0.15, -0.1) is 0 Å². The number of hydrogen-bond donors (Lipinski definition) is 3. The number of morpholine rings is 1. The van der Waals surface area contributed by atoms with Gasteiger partial charge in [-0.25, -0.2) is 0 Å². The van der Waals surface area contributed by atoms with Crippen molar-refractivity contribution in [2.24, 2.45) is 0 Å². The summed E-state index contributed by atoms with van der Waals surface area (Å²) in [7, 11) is 0. The zero-order valence-electron chi connectivity index (χ0n) is 13.2. The molecule has 0 unspecified atom stereocenters. The lowest BCUT2D eigenvalue weighted by Gasteiger charge is -2.23. The molecular formula is C16H24N3O3+. The Bertz CT molecular complexity index is 539. The minimum Gasteiger partial charge on any atom is -0.370 e. The van der Waals surface area contributed by atoms with E-state index < -0.39 is 0 Å². The quantitative estimate of drug-likeness (QED) is 0.672. The number of hydrogen-bond acceptors (Lipinski definition) is 3. The molecule has 0 spiro atoms. The molecule has 2 amide bonds. The molecule has 0 aliphatic carbocycles. The highest BCUT2D eigenvalue weighted by Crippen LogP contribution is 2.17. The summed E-state index contributed by atoms with van der Waals surface area (Å²) in [5, 5.41) is 5.50. The van der Waals surface area contributed by atoms with E-state index in [1.807, 2.05) is 32.0 Å². The minimum atomic E-state index is -0.209. The fourth-order valence-corrected chi connectivity index (χ4v) is 2.39. The monoisotopic (exact) mass is 306 g/mol. The fraction of sp³-hybridized carbons (Fsp3) is 0.500. The van der Waals surface area contributed by atoms with Crippen molar-refractivity contribution in [3.8, 4) is 0 Å². The molecule has 0 radical (unpaired) electrons. The van der Waals surface area contributed by atoms with E-state index in [0.29, 0.717) is 19.8 Å². The third kappa shape index (κ3) is 4.82. The lowest BCUT2D eigenvalue weighted by molar-refractivity contribution is -0.900. The van der Waals surface area contributed by atoms with E-state index >= 15 is 0 Å². The molecule has 2 rings (SSSR count). The third-order valence-corrected chi connectivity index (χ3v) is 3.94. The zero-order valence-corrected chi connectivity index (χ0v) is 13.2. The number of benzene rings is 1. The van der Waals surface area contributed by atoms with Crippen molar-refractivity contribution in [3.05, 3.63) is 29.3 Å². The lowest BCUT2D eigenvalue weighted by Crippen LogP contribution is -3.15. The number of carbonyl (C=O) groups is 2. The van der Waals surface area contributed by atoms with Gasteiger partial charge in [-0.1, -0.05) is 12.1 Å². The van der Waals surface area contributed by atoms with Crippen LogP contribution in [0.2, 0.25) is 0 Å². The van der Waals surface area contributed by atoms with Crippen molar-refractivity contribution in [1.82, 2.24) is 5.32 Å². The van der Waals surface area contributed by atoms with Gasteiger partial charge in [0.1, 0.15) is 13.1 Å². The Morgan fingerprint density at radius 3 is 2.64 bits per heavy atom. The Kier molecular flexibility index (Phi) is 5.91. The maximum absolute atomic E-state index is 11.9. The zero-order chi connectivity index (χ0) is 15.9. The number of nitrogens with one attached hydrogen (secondary N) is 3. The Morgan fingerprint density at radius 1 is 1.18 bits per heavy atom. The van der Waals surface area contributed by atoms with Crippen molar-refractivity contribution in [1.29, 1.82) is 0 Å². The van der Waals surface area contributed by atoms with Crippen molar-refractivity contribution in [3.63, 3.8) is 0 Å². The van der Waals surface area contributed by atoms with Crippen LogP contribution in [-0.4, -0.2) is 51.2 Å². The summed E-state index contributed by atoms with van der Waals surface area (Å²) < 4.78 is 5.25. The summed E-state index contributed by atoms with van der Waals surface area (Å²) in [5.74, 6) is -0.313. The molecule has 0 atom stereocenters. The van der Waals surface area contributed by atoms with Crippen LogP contribution in [-0.2, 0) is 14.3 Å². The molecule has 0 saturated carbocycles. The maximum Gasteiger partial charge on any atom is 0.275 e. The lowest BCUT2D eigenvalue weighted by atomic mass is 10.1. The average molecular weight is 306 g/mol.